The molecule has 2 N–H and O–H groups in total. The Hall–Kier alpha value is -3.71. The first-order chi connectivity index (χ1) is 16.8. The minimum atomic E-state index is -2.84. The third kappa shape index (κ3) is 4.39. The zero-order chi connectivity index (χ0) is 23.2. The number of nitrogens with two attached hydrogens (primary N) is 1. The summed E-state index contributed by atoms with van der Waals surface area (Å²) in [4.78, 5) is 0. The van der Waals surface area contributed by atoms with Gasteiger partial charge in [0.05, 0.1) is 0 Å². The molecule has 5 aromatic carbocycles. The maximum Gasteiger partial charge on any atom is 0.278 e. The van der Waals surface area contributed by atoms with Gasteiger partial charge >= 0.3 is 0 Å². The molecule has 0 saturated heterocycles. The van der Waals surface area contributed by atoms with Crippen LogP contribution in [0.3, 0.4) is 0 Å². The van der Waals surface area contributed by atoms with Crippen molar-refractivity contribution in [3.63, 3.8) is 0 Å². The van der Waals surface area contributed by atoms with Crippen LogP contribution in [-0.2, 0) is 4.12 Å². The van der Waals surface area contributed by atoms with Crippen molar-refractivity contribution in [3.05, 3.63) is 146 Å². The molecule has 0 aliphatic carbocycles. The predicted molar refractivity (Wildman–Crippen MR) is 149 cm³/mol. The smallest absolute Gasteiger partial charge is 0.278 e. The van der Waals surface area contributed by atoms with Crippen LogP contribution in [0.1, 0.15) is 0 Å². The van der Waals surface area contributed by atoms with Gasteiger partial charge in [0.1, 0.15) is 0 Å². The van der Waals surface area contributed by atoms with Crippen LogP contribution in [0, 0.1) is 0 Å². The van der Waals surface area contributed by atoms with Crippen molar-refractivity contribution in [2.75, 3.05) is 5.73 Å². The first-order valence-electron chi connectivity index (χ1n) is 11.5. The summed E-state index contributed by atoms with van der Waals surface area (Å²) in [7, 11) is -4.93. The van der Waals surface area contributed by atoms with E-state index in [0.29, 0.717) is 0 Å². The number of hydrogen-bond acceptors (Lipinski definition) is 2. The minimum Gasteiger partial charge on any atom is -0.441 e. The number of anilines is 1. The molecule has 0 aliphatic rings. The number of nitrogen functional groups attached to an aromatic ring is 1. The highest BCUT2D eigenvalue weighted by Crippen LogP contribution is 2.12. The van der Waals surface area contributed by atoms with Crippen LogP contribution in [-0.4, -0.2) is 17.4 Å². The van der Waals surface area contributed by atoms with Crippen LogP contribution in [0.25, 0.3) is 0 Å². The van der Waals surface area contributed by atoms with E-state index >= 15 is 0 Å². The van der Waals surface area contributed by atoms with Crippen molar-refractivity contribution in [2.24, 2.45) is 0 Å². The highest BCUT2D eigenvalue weighted by atomic mass is 28.4. The summed E-state index contributed by atoms with van der Waals surface area (Å²) in [5.41, 5.74) is 6.82. The Kier molecular flexibility index (Phi) is 6.54. The molecule has 0 aliphatic heterocycles. The predicted octanol–water partition coefficient (Wildman–Crippen LogP) is 2.79. The zero-order valence-corrected chi connectivity index (χ0v) is 21.1. The largest absolute Gasteiger partial charge is 0.441 e. The maximum atomic E-state index is 7.65. The summed E-state index contributed by atoms with van der Waals surface area (Å²) in [6.45, 7) is 0. The van der Waals surface area contributed by atoms with Crippen LogP contribution < -0.4 is 31.7 Å². The second kappa shape index (κ2) is 10.1. The molecule has 2 nitrogen and oxygen atoms in total. The Labute approximate surface area is 204 Å². The molecular formula is C30H27NOSi2. The van der Waals surface area contributed by atoms with Gasteiger partial charge < -0.3 is 9.85 Å². The Morgan fingerprint density at radius 2 is 0.794 bits per heavy atom. The summed E-state index contributed by atoms with van der Waals surface area (Å²) >= 11 is 0. The fraction of sp³-hybridized carbons (Fsp3) is 0. The molecule has 5 rings (SSSR count). The van der Waals surface area contributed by atoms with E-state index in [1.54, 1.807) is 0 Å². The van der Waals surface area contributed by atoms with Gasteiger partial charge in [-0.25, -0.2) is 0 Å². The lowest BCUT2D eigenvalue weighted by atomic mass is 10.3. The van der Waals surface area contributed by atoms with Gasteiger partial charge in [0.25, 0.3) is 8.32 Å². The van der Waals surface area contributed by atoms with Gasteiger partial charge in [0, 0.05) is 5.69 Å². The summed E-state index contributed by atoms with van der Waals surface area (Å²) in [5, 5.41) is 6.22. The average molecular weight is 474 g/mol. The van der Waals surface area contributed by atoms with Crippen LogP contribution in [0.2, 0.25) is 0 Å². The van der Waals surface area contributed by atoms with Gasteiger partial charge in [-0.1, -0.05) is 133 Å². The monoisotopic (exact) mass is 473 g/mol. The Morgan fingerprint density at radius 1 is 0.441 bits per heavy atom. The standard InChI is InChI=1S/C30H27NOSi2/c31-25-21-23-27(24-22-25)33(26-13-5-1-6-14-26)32-34(28-15-7-2-8-16-28,29-17-9-3-10-18-29)30-19-11-4-12-20-30/h1-24,33H,31H2. The second-order valence-corrected chi connectivity index (χ2v) is 14.5. The molecule has 34 heavy (non-hydrogen) atoms. The third-order valence-corrected chi connectivity index (χ3v) is 14.0. The highest BCUT2D eigenvalue weighted by Gasteiger charge is 2.44. The number of benzene rings is 5. The molecule has 0 heterocycles. The third-order valence-electron chi connectivity index (χ3n) is 6.18. The van der Waals surface area contributed by atoms with Gasteiger partial charge in [-0.3, -0.25) is 0 Å². The van der Waals surface area contributed by atoms with E-state index in [9.17, 15) is 0 Å². The fourth-order valence-electron chi connectivity index (χ4n) is 4.53. The lowest BCUT2D eigenvalue weighted by Gasteiger charge is -2.37. The Bertz CT molecular complexity index is 1220. The molecule has 0 radical (unpaired) electrons. The summed E-state index contributed by atoms with van der Waals surface area (Å²) in [6.07, 6.45) is 0. The fourth-order valence-corrected chi connectivity index (χ4v) is 13.1. The van der Waals surface area contributed by atoms with E-state index in [1.807, 2.05) is 12.1 Å². The lowest BCUT2D eigenvalue weighted by molar-refractivity contribution is 0.616. The van der Waals surface area contributed by atoms with Crippen LogP contribution in [0.5, 0.6) is 0 Å². The van der Waals surface area contributed by atoms with Crippen molar-refractivity contribution in [1.82, 2.24) is 0 Å². The van der Waals surface area contributed by atoms with Gasteiger partial charge in [0.2, 0.25) is 9.04 Å². The van der Waals surface area contributed by atoms with Crippen LogP contribution >= 0.6 is 0 Å². The first kappa shape index (κ1) is 22.1. The molecule has 1 atom stereocenters. The number of rotatable bonds is 7. The molecule has 0 aromatic heterocycles. The second-order valence-electron chi connectivity index (χ2n) is 8.35. The quantitative estimate of drug-likeness (QED) is 0.224. The van der Waals surface area contributed by atoms with E-state index < -0.39 is 17.4 Å². The lowest BCUT2D eigenvalue weighted by Crippen LogP contribution is -2.73. The van der Waals surface area contributed by atoms with Gasteiger partial charge in [-0.2, -0.15) is 0 Å². The first-order valence-corrected chi connectivity index (χ1v) is 15.1. The summed E-state index contributed by atoms with van der Waals surface area (Å²) in [6, 6.07) is 51.2. The average Bonchev–Trinajstić information content (AvgIpc) is 2.92. The van der Waals surface area contributed by atoms with Crippen molar-refractivity contribution in [2.45, 2.75) is 0 Å². The topological polar surface area (TPSA) is 35.2 Å². The number of hydrogen-bond donors (Lipinski definition) is 1. The minimum absolute atomic E-state index is 0.766. The molecule has 4 heteroatoms. The maximum absolute atomic E-state index is 7.65. The molecular weight excluding hydrogens is 447 g/mol. The SMILES string of the molecule is Nc1ccc([SiH](O[Si](c2ccccc2)(c2ccccc2)c2ccccc2)c2ccccc2)cc1. The van der Waals surface area contributed by atoms with E-state index in [0.717, 1.165) is 5.69 Å². The van der Waals surface area contributed by atoms with E-state index in [2.05, 4.69) is 133 Å². The van der Waals surface area contributed by atoms with Gasteiger partial charge in [-0.15, -0.1) is 0 Å². The van der Waals surface area contributed by atoms with E-state index in [-0.39, 0.29) is 0 Å². The Balaban J connectivity index is 1.78. The molecule has 0 fully saturated rings. The van der Waals surface area contributed by atoms with Crippen LogP contribution in [0.4, 0.5) is 5.69 Å². The van der Waals surface area contributed by atoms with Crippen molar-refractivity contribution in [3.8, 4) is 0 Å². The molecule has 1 unspecified atom stereocenters. The highest BCUT2D eigenvalue weighted by molar-refractivity contribution is 7.11. The normalized spacial score (nSPS) is 12.2. The van der Waals surface area contributed by atoms with Crippen molar-refractivity contribution in [1.29, 1.82) is 0 Å². The van der Waals surface area contributed by atoms with E-state index in [1.165, 1.54) is 25.9 Å². The molecule has 166 valence electrons. The molecule has 0 bridgehead atoms. The molecule has 5 aromatic rings. The Morgan fingerprint density at radius 3 is 1.21 bits per heavy atom. The van der Waals surface area contributed by atoms with Gasteiger partial charge in [0.15, 0.2) is 0 Å². The van der Waals surface area contributed by atoms with Crippen molar-refractivity contribution >= 4 is 49.0 Å². The van der Waals surface area contributed by atoms with Crippen LogP contribution in [0.15, 0.2) is 146 Å². The van der Waals surface area contributed by atoms with Crippen molar-refractivity contribution < 1.29 is 4.12 Å². The summed E-state index contributed by atoms with van der Waals surface area (Å²) < 4.78 is 7.65. The molecule has 0 saturated carbocycles. The summed E-state index contributed by atoms with van der Waals surface area (Å²) in [5.74, 6) is 0. The zero-order valence-electron chi connectivity index (χ0n) is 18.9. The van der Waals surface area contributed by atoms with Gasteiger partial charge in [-0.05, 0) is 38.1 Å². The van der Waals surface area contributed by atoms with E-state index in [4.69, 9.17) is 9.85 Å². The molecule has 0 amide bonds. The molecule has 0 spiro atoms.